The minimum absolute atomic E-state index is 0.0184. The zero-order valence-electron chi connectivity index (χ0n) is 23.8. The van der Waals surface area contributed by atoms with Crippen LogP contribution in [0.15, 0.2) is 48.8 Å². The second kappa shape index (κ2) is 11.7. The molecule has 2 N–H and O–H groups in total. The van der Waals surface area contributed by atoms with Crippen molar-refractivity contribution in [1.82, 2.24) is 20.1 Å². The summed E-state index contributed by atoms with van der Waals surface area (Å²) in [6.45, 7) is 1.94. The van der Waals surface area contributed by atoms with E-state index in [1.54, 1.807) is 7.11 Å². The summed E-state index contributed by atoms with van der Waals surface area (Å²) in [4.78, 5) is 18.3. The molecule has 7 nitrogen and oxygen atoms in total. The molecule has 2 aromatic heterocycles. The first-order chi connectivity index (χ1) is 19.5. The van der Waals surface area contributed by atoms with E-state index in [1.165, 1.54) is 19.3 Å². The van der Waals surface area contributed by atoms with Crippen molar-refractivity contribution in [1.29, 1.82) is 0 Å². The number of nitrogens with one attached hydrogen (secondary N) is 1. The largest absolute Gasteiger partial charge is 0.495 e. The summed E-state index contributed by atoms with van der Waals surface area (Å²) in [6, 6.07) is 12.9. The molecule has 6 rings (SSSR count). The van der Waals surface area contributed by atoms with Crippen LogP contribution in [0.25, 0.3) is 11.1 Å². The van der Waals surface area contributed by atoms with Gasteiger partial charge < -0.3 is 15.2 Å². The molecule has 3 fully saturated rings. The maximum Gasteiger partial charge on any atom is 0.223 e. The third-order valence-corrected chi connectivity index (χ3v) is 9.36. The number of carbonyl (C=O) groups excluding carboxylic acids is 1. The van der Waals surface area contributed by atoms with Gasteiger partial charge in [0.1, 0.15) is 5.75 Å². The molecule has 1 amide bonds. The van der Waals surface area contributed by atoms with Gasteiger partial charge >= 0.3 is 0 Å². The number of amides is 1. The van der Waals surface area contributed by atoms with Crippen LogP contribution >= 0.6 is 0 Å². The highest BCUT2D eigenvalue weighted by atomic mass is 16.5. The number of hydrogen-bond donors (Lipinski definition) is 2. The fourth-order valence-corrected chi connectivity index (χ4v) is 6.86. The highest BCUT2D eigenvalue weighted by molar-refractivity contribution is 5.79. The van der Waals surface area contributed by atoms with Gasteiger partial charge in [-0.1, -0.05) is 37.5 Å². The summed E-state index contributed by atoms with van der Waals surface area (Å²) in [5, 5.41) is 19.5. The van der Waals surface area contributed by atoms with Gasteiger partial charge in [-0.05, 0) is 87.1 Å². The molecule has 7 heteroatoms. The molecule has 212 valence electrons. The Hall–Kier alpha value is -3.19. The Balaban J connectivity index is 1.24. The number of aliphatic hydroxyl groups excluding tert-OH is 1. The molecular weight excluding hydrogens is 500 g/mol. The molecule has 0 radical (unpaired) electrons. The molecule has 3 aliphatic rings. The number of carbonyl (C=O) groups is 1. The third-order valence-electron chi connectivity index (χ3n) is 9.36. The average Bonchev–Trinajstić information content (AvgIpc) is 3.72. The minimum atomic E-state index is -0.520. The number of rotatable bonds is 8. The normalized spacial score (nSPS) is 24.4. The number of nitrogens with zero attached hydrogens (tertiary/aromatic N) is 3. The highest BCUT2D eigenvalue weighted by Gasteiger charge is 2.37. The van der Waals surface area contributed by atoms with Gasteiger partial charge in [-0.3, -0.25) is 14.5 Å². The molecule has 0 spiro atoms. The van der Waals surface area contributed by atoms with E-state index in [9.17, 15) is 9.90 Å². The Labute approximate surface area is 237 Å². The van der Waals surface area contributed by atoms with Crippen molar-refractivity contribution in [3.63, 3.8) is 0 Å². The van der Waals surface area contributed by atoms with Crippen molar-refractivity contribution in [2.45, 2.75) is 95.2 Å². The number of aromatic nitrogens is 3. The topological polar surface area (TPSA) is 89.3 Å². The molecule has 3 saturated carbocycles. The molecule has 4 atom stereocenters. The summed E-state index contributed by atoms with van der Waals surface area (Å²) >= 11 is 0. The number of benzene rings is 1. The number of pyridine rings is 1. The van der Waals surface area contributed by atoms with Gasteiger partial charge in [0.05, 0.1) is 37.2 Å². The van der Waals surface area contributed by atoms with Crippen molar-refractivity contribution in [3.8, 4) is 16.9 Å². The van der Waals surface area contributed by atoms with Crippen LogP contribution in [0.2, 0.25) is 0 Å². The van der Waals surface area contributed by atoms with E-state index < -0.39 is 6.10 Å². The smallest absolute Gasteiger partial charge is 0.223 e. The molecule has 3 aromatic rings. The fourth-order valence-electron chi connectivity index (χ4n) is 6.86. The van der Waals surface area contributed by atoms with Crippen LogP contribution in [0.4, 0.5) is 0 Å². The molecule has 4 unspecified atom stereocenters. The Morgan fingerprint density at radius 1 is 1.05 bits per heavy atom. The summed E-state index contributed by atoms with van der Waals surface area (Å²) in [5.74, 6) is 1.14. The van der Waals surface area contributed by atoms with Crippen molar-refractivity contribution in [2.75, 3.05) is 7.11 Å². The van der Waals surface area contributed by atoms with Crippen LogP contribution in [0.3, 0.4) is 0 Å². The lowest BCUT2D eigenvalue weighted by molar-refractivity contribution is -0.127. The van der Waals surface area contributed by atoms with E-state index in [0.29, 0.717) is 12.5 Å². The van der Waals surface area contributed by atoms with Crippen LogP contribution in [0, 0.1) is 18.8 Å². The fraction of sp³-hybridized carbons (Fsp3) is 0.545. The first-order valence-corrected chi connectivity index (χ1v) is 15.1. The number of methoxy groups -OCH3 is 1. The van der Waals surface area contributed by atoms with Crippen LogP contribution < -0.4 is 10.1 Å². The average molecular weight is 543 g/mol. The second-order valence-electron chi connectivity index (χ2n) is 12.2. The van der Waals surface area contributed by atoms with Crippen LogP contribution in [0.5, 0.6) is 5.75 Å². The third kappa shape index (κ3) is 5.80. The van der Waals surface area contributed by atoms with E-state index in [2.05, 4.69) is 45.6 Å². The molecule has 1 aromatic carbocycles. The predicted molar refractivity (Wildman–Crippen MR) is 155 cm³/mol. The van der Waals surface area contributed by atoms with Gasteiger partial charge in [-0.2, -0.15) is 5.10 Å². The summed E-state index contributed by atoms with van der Waals surface area (Å²) < 4.78 is 7.47. The molecular formula is C33H42N4O3. The molecule has 0 aliphatic heterocycles. The van der Waals surface area contributed by atoms with E-state index >= 15 is 0 Å². The summed E-state index contributed by atoms with van der Waals surface area (Å²) in [5.41, 5.74) is 5.09. The first kappa shape index (κ1) is 27.0. The molecule has 0 saturated heterocycles. The monoisotopic (exact) mass is 542 g/mol. The van der Waals surface area contributed by atoms with Gasteiger partial charge in [-0.15, -0.1) is 0 Å². The SMILES string of the molecule is COc1ccc(C2CCC(C(NC(=O)C3CCCCC3)c3cccc(-c4cnn(C5CC5)c4)c3)CC2O)nc1C. The Morgan fingerprint density at radius 3 is 2.60 bits per heavy atom. The van der Waals surface area contributed by atoms with Gasteiger partial charge in [0, 0.05) is 29.3 Å². The number of aliphatic hydroxyl groups is 1. The number of hydrogen-bond acceptors (Lipinski definition) is 5. The van der Waals surface area contributed by atoms with Crippen LogP contribution in [-0.2, 0) is 4.79 Å². The number of aryl methyl sites for hydroxylation is 1. The molecule has 0 bridgehead atoms. The van der Waals surface area contributed by atoms with Crippen LogP contribution in [0.1, 0.15) is 99.2 Å². The lowest BCUT2D eigenvalue weighted by atomic mass is 9.73. The Bertz CT molecular complexity index is 1330. The van der Waals surface area contributed by atoms with Gasteiger partial charge in [0.25, 0.3) is 0 Å². The zero-order chi connectivity index (χ0) is 27.6. The lowest BCUT2D eigenvalue weighted by Gasteiger charge is -2.38. The highest BCUT2D eigenvalue weighted by Crippen LogP contribution is 2.42. The van der Waals surface area contributed by atoms with Gasteiger partial charge in [0.15, 0.2) is 0 Å². The van der Waals surface area contributed by atoms with Gasteiger partial charge in [0.2, 0.25) is 5.91 Å². The van der Waals surface area contributed by atoms with Crippen molar-refractivity contribution >= 4 is 5.91 Å². The zero-order valence-corrected chi connectivity index (χ0v) is 23.8. The van der Waals surface area contributed by atoms with Crippen molar-refractivity contribution in [2.24, 2.45) is 11.8 Å². The quantitative estimate of drug-likeness (QED) is 0.350. The molecule has 40 heavy (non-hydrogen) atoms. The van der Waals surface area contributed by atoms with Crippen LogP contribution in [-0.4, -0.2) is 39.0 Å². The molecule has 2 heterocycles. The molecule has 3 aliphatic carbocycles. The first-order valence-electron chi connectivity index (χ1n) is 15.1. The van der Waals surface area contributed by atoms with E-state index in [1.807, 2.05) is 25.3 Å². The maximum absolute atomic E-state index is 13.5. The van der Waals surface area contributed by atoms with Crippen molar-refractivity contribution < 1.29 is 14.6 Å². The minimum Gasteiger partial charge on any atom is -0.495 e. The van der Waals surface area contributed by atoms with E-state index in [0.717, 1.165) is 72.4 Å². The Morgan fingerprint density at radius 2 is 1.88 bits per heavy atom. The van der Waals surface area contributed by atoms with E-state index in [4.69, 9.17) is 9.72 Å². The lowest BCUT2D eigenvalue weighted by Crippen LogP contribution is -2.41. The predicted octanol–water partition coefficient (Wildman–Crippen LogP) is 6.28. The van der Waals surface area contributed by atoms with Crippen molar-refractivity contribution in [3.05, 3.63) is 65.7 Å². The van der Waals surface area contributed by atoms with Gasteiger partial charge in [-0.25, -0.2) is 0 Å². The second-order valence-corrected chi connectivity index (χ2v) is 12.2. The Kier molecular flexibility index (Phi) is 7.92. The maximum atomic E-state index is 13.5. The summed E-state index contributed by atoms with van der Waals surface area (Å²) in [7, 11) is 1.65. The van der Waals surface area contributed by atoms with E-state index in [-0.39, 0.29) is 29.7 Å². The standard InChI is InChI=1S/C33H42N4O3/c1-21-31(40-2)16-15-29(35-21)28-14-11-25(18-30(28)38)32(36-33(39)22-7-4-3-5-8-22)24-10-6-9-23(17-24)26-19-34-37(20-26)27-12-13-27/h6,9-10,15-17,19-20,22,25,27-28,30,32,38H,3-5,7-8,11-14,18H2,1-2H3,(H,36,39). The summed E-state index contributed by atoms with van der Waals surface area (Å²) in [6.07, 6.45) is 13.7. The number of ether oxygens (including phenoxy) is 1.